The minimum atomic E-state index is -0.685. The summed E-state index contributed by atoms with van der Waals surface area (Å²) < 4.78 is 0. The molecule has 1 heterocycles. The first-order valence-electron chi connectivity index (χ1n) is 17.4. The lowest BCUT2D eigenvalue weighted by Gasteiger charge is -2.18. The van der Waals surface area contributed by atoms with Gasteiger partial charge < -0.3 is 16.0 Å². The van der Waals surface area contributed by atoms with Crippen molar-refractivity contribution in [2.24, 2.45) is 0 Å². The predicted molar refractivity (Wildman–Crippen MR) is 224 cm³/mol. The van der Waals surface area contributed by atoms with E-state index in [4.69, 9.17) is 0 Å². The number of hydrogen-bond donors (Lipinski definition) is 3. The lowest BCUT2D eigenvalue weighted by atomic mass is 10.0. The van der Waals surface area contributed by atoms with Crippen LogP contribution in [-0.2, 0) is 9.59 Å². The van der Waals surface area contributed by atoms with Crippen LogP contribution < -0.4 is 16.0 Å². The Morgan fingerprint density at radius 2 is 1.45 bits per heavy atom. The van der Waals surface area contributed by atoms with Gasteiger partial charge in [0.15, 0.2) is 0 Å². The number of thioether (sulfide) groups is 1. The molecule has 0 aliphatic carbocycles. The highest BCUT2D eigenvalue weighted by atomic mass is 32.2. The van der Waals surface area contributed by atoms with Gasteiger partial charge in [-0.05, 0) is 70.8 Å². The fourth-order valence-corrected chi connectivity index (χ4v) is 8.05. The molecular weight excluding hydrogens is 721 g/mol. The largest absolute Gasteiger partial charge is 0.321 e. The Labute approximate surface area is 327 Å². The van der Waals surface area contributed by atoms with E-state index < -0.39 is 17.1 Å². The number of nitrogens with zero attached hydrogens (tertiary/aromatic N) is 1. The van der Waals surface area contributed by atoms with Crippen LogP contribution in [0.1, 0.15) is 37.9 Å². The van der Waals surface area contributed by atoms with Crippen LogP contribution >= 0.6 is 23.1 Å². The standard InChI is InChI=1S/C46H34N4O3S2/c1-30-22-24-32(25-23-30)40-29-54-46(39(40)28-47)50-45(53)42(33-13-4-2-5-14-33)55-37-20-11-19-36(27-37)48-44(52)41(49-43(51)34-15-6-3-7-16-34)26-35-18-10-17-31-12-8-9-21-38(31)35/h2-27,29,42H,1H3,(H,48,52)(H,49,51)(H,50,53)/b41-26+. The summed E-state index contributed by atoms with van der Waals surface area (Å²) in [5, 5.41) is 22.6. The number of carbonyl (C=O) groups excluding carboxylic acids is 3. The van der Waals surface area contributed by atoms with Gasteiger partial charge in [-0.3, -0.25) is 14.4 Å². The van der Waals surface area contributed by atoms with Gasteiger partial charge in [-0.15, -0.1) is 23.1 Å². The smallest absolute Gasteiger partial charge is 0.272 e. The Balaban J connectivity index is 1.15. The molecule has 6 aromatic carbocycles. The van der Waals surface area contributed by atoms with Crippen molar-refractivity contribution in [3.63, 3.8) is 0 Å². The van der Waals surface area contributed by atoms with Crippen molar-refractivity contribution in [3.05, 3.63) is 191 Å². The molecule has 0 saturated heterocycles. The second-order valence-corrected chi connectivity index (χ2v) is 14.7. The van der Waals surface area contributed by atoms with Gasteiger partial charge >= 0.3 is 0 Å². The van der Waals surface area contributed by atoms with Crippen LogP contribution in [0.25, 0.3) is 28.0 Å². The van der Waals surface area contributed by atoms with Gasteiger partial charge in [0, 0.05) is 27.1 Å². The van der Waals surface area contributed by atoms with Crippen molar-refractivity contribution in [3.8, 4) is 17.2 Å². The Bertz CT molecular complexity index is 2570. The molecule has 7 aromatic rings. The molecule has 7 rings (SSSR count). The molecule has 1 atom stereocenters. The average Bonchev–Trinajstić information content (AvgIpc) is 3.62. The van der Waals surface area contributed by atoms with Crippen LogP contribution in [0.2, 0.25) is 0 Å². The van der Waals surface area contributed by atoms with Gasteiger partial charge in [0.1, 0.15) is 22.0 Å². The third-order valence-electron chi connectivity index (χ3n) is 8.84. The molecule has 0 radical (unpaired) electrons. The van der Waals surface area contributed by atoms with E-state index in [0.29, 0.717) is 21.8 Å². The molecule has 0 bridgehead atoms. The van der Waals surface area contributed by atoms with Gasteiger partial charge in [-0.25, -0.2) is 0 Å². The van der Waals surface area contributed by atoms with E-state index in [0.717, 1.165) is 43.5 Å². The van der Waals surface area contributed by atoms with E-state index in [2.05, 4.69) is 22.0 Å². The molecule has 0 saturated carbocycles. The number of hydrogen-bond acceptors (Lipinski definition) is 6. The monoisotopic (exact) mass is 754 g/mol. The summed E-state index contributed by atoms with van der Waals surface area (Å²) >= 11 is 2.64. The quantitative estimate of drug-likeness (QED) is 0.0899. The van der Waals surface area contributed by atoms with Crippen molar-refractivity contribution in [2.75, 3.05) is 10.6 Å². The van der Waals surface area contributed by atoms with Crippen LogP contribution in [0.15, 0.2) is 168 Å². The molecule has 0 spiro atoms. The molecule has 0 aliphatic rings. The predicted octanol–water partition coefficient (Wildman–Crippen LogP) is 10.6. The van der Waals surface area contributed by atoms with Gasteiger partial charge in [0.05, 0.1) is 5.56 Å². The number of benzene rings is 6. The van der Waals surface area contributed by atoms with Crippen molar-refractivity contribution >= 4 is 68.4 Å². The minimum Gasteiger partial charge on any atom is -0.321 e. The maximum atomic E-state index is 14.1. The van der Waals surface area contributed by atoms with E-state index in [1.54, 1.807) is 48.5 Å². The SMILES string of the molecule is Cc1ccc(-c2csc(NC(=O)C(Sc3cccc(NC(=O)/C(=C\c4cccc5ccccc45)NC(=O)c4ccccc4)c3)c3ccccc3)c2C#N)cc1. The summed E-state index contributed by atoms with van der Waals surface area (Å²) in [6.45, 7) is 2.01. The van der Waals surface area contributed by atoms with E-state index in [1.165, 1.54) is 23.1 Å². The van der Waals surface area contributed by atoms with E-state index >= 15 is 0 Å². The summed E-state index contributed by atoms with van der Waals surface area (Å²) in [4.78, 5) is 42.1. The zero-order valence-electron chi connectivity index (χ0n) is 29.7. The highest BCUT2D eigenvalue weighted by Gasteiger charge is 2.25. The Kier molecular flexibility index (Phi) is 11.3. The topological polar surface area (TPSA) is 111 Å². The second kappa shape index (κ2) is 16.9. The fourth-order valence-electron chi connectivity index (χ4n) is 6.04. The summed E-state index contributed by atoms with van der Waals surface area (Å²) in [6.07, 6.45) is 1.68. The Hall–Kier alpha value is -6.73. The molecule has 1 aromatic heterocycles. The lowest BCUT2D eigenvalue weighted by Crippen LogP contribution is -2.30. The maximum Gasteiger partial charge on any atom is 0.272 e. The summed E-state index contributed by atoms with van der Waals surface area (Å²) in [6, 6.07) is 49.2. The second-order valence-electron chi connectivity index (χ2n) is 12.7. The first-order chi connectivity index (χ1) is 26.9. The normalized spacial score (nSPS) is 11.7. The minimum absolute atomic E-state index is 0.0686. The van der Waals surface area contributed by atoms with Crippen molar-refractivity contribution in [1.29, 1.82) is 5.26 Å². The molecule has 9 heteroatoms. The number of nitriles is 1. The van der Waals surface area contributed by atoms with Gasteiger partial charge in [0.25, 0.3) is 11.8 Å². The third kappa shape index (κ3) is 8.74. The first kappa shape index (κ1) is 36.6. The number of anilines is 2. The molecule has 0 fully saturated rings. The van der Waals surface area contributed by atoms with Crippen molar-refractivity contribution in [1.82, 2.24) is 5.32 Å². The number of fused-ring (bicyclic) bond motifs is 1. The van der Waals surface area contributed by atoms with Gasteiger partial charge in [-0.1, -0.05) is 127 Å². The fraction of sp³-hybridized carbons (Fsp3) is 0.0435. The number of carbonyl (C=O) groups is 3. The highest BCUT2D eigenvalue weighted by Crippen LogP contribution is 2.40. The van der Waals surface area contributed by atoms with Crippen molar-refractivity contribution < 1.29 is 14.4 Å². The molecule has 1 unspecified atom stereocenters. The Morgan fingerprint density at radius 3 is 2.22 bits per heavy atom. The number of thiophene rings is 1. The molecule has 0 aliphatic heterocycles. The van der Waals surface area contributed by atoms with E-state index in [9.17, 15) is 19.6 Å². The highest BCUT2D eigenvalue weighted by molar-refractivity contribution is 8.00. The van der Waals surface area contributed by atoms with Crippen LogP contribution in [0, 0.1) is 18.3 Å². The summed E-state index contributed by atoms with van der Waals surface area (Å²) in [5.74, 6) is -1.22. The van der Waals surface area contributed by atoms with Crippen LogP contribution in [-0.4, -0.2) is 17.7 Å². The number of aryl methyl sites for hydroxylation is 1. The molecule has 7 nitrogen and oxygen atoms in total. The average molecular weight is 755 g/mol. The van der Waals surface area contributed by atoms with Crippen LogP contribution in [0.4, 0.5) is 10.7 Å². The van der Waals surface area contributed by atoms with Crippen LogP contribution in [0.3, 0.4) is 0 Å². The molecular formula is C46H34N4O3S2. The zero-order valence-corrected chi connectivity index (χ0v) is 31.3. The number of nitrogens with one attached hydrogen (secondary N) is 3. The van der Waals surface area contributed by atoms with Gasteiger partial charge in [-0.2, -0.15) is 5.26 Å². The summed E-state index contributed by atoms with van der Waals surface area (Å²) in [5.41, 5.74) is 5.71. The van der Waals surface area contributed by atoms with E-state index in [1.807, 2.05) is 121 Å². The molecule has 3 amide bonds. The van der Waals surface area contributed by atoms with Crippen molar-refractivity contribution in [2.45, 2.75) is 17.1 Å². The number of amides is 3. The number of rotatable bonds is 11. The molecule has 55 heavy (non-hydrogen) atoms. The molecule has 268 valence electrons. The Morgan fingerprint density at radius 1 is 0.764 bits per heavy atom. The lowest BCUT2D eigenvalue weighted by molar-refractivity contribution is -0.116. The van der Waals surface area contributed by atoms with E-state index in [-0.39, 0.29) is 11.6 Å². The third-order valence-corrected chi connectivity index (χ3v) is 11.0. The molecule has 3 N–H and O–H groups in total. The maximum absolute atomic E-state index is 14.1. The first-order valence-corrected chi connectivity index (χ1v) is 19.2. The summed E-state index contributed by atoms with van der Waals surface area (Å²) in [7, 11) is 0. The van der Waals surface area contributed by atoms with Crippen LogP contribution in [0.5, 0.6) is 0 Å². The zero-order chi connectivity index (χ0) is 38.1. The van der Waals surface area contributed by atoms with Gasteiger partial charge in [0.2, 0.25) is 5.91 Å².